The first-order valence-electron chi connectivity index (χ1n) is 5.17. The number of hydrogen-bond acceptors (Lipinski definition) is 3. The first-order valence-corrected chi connectivity index (χ1v) is 10.6. The van der Waals surface area contributed by atoms with Gasteiger partial charge in [0.05, 0.1) is 11.8 Å². The summed E-state index contributed by atoms with van der Waals surface area (Å²) < 4.78 is 0.229. The zero-order valence-corrected chi connectivity index (χ0v) is 12.1. The van der Waals surface area contributed by atoms with Crippen LogP contribution in [0.25, 0.3) is 0 Å². The van der Waals surface area contributed by atoms with Crippen molar-refractivity contribution in [3.8, 4) is 0 Å². The molecule has 0 radical (unpaired) electrons. The average Bonchev–Trinajstić information content (AvgIpc) is 2.16. The summed E-state index contributed by atoms with van der Waals surface area (Å²) in [5.74, 6) is 2.66. The van der Waals surface area contributed by atoms with Crippen LogP contribution in [0.3, 0.4) is 0 Å². The number of carbonyl (C=O) groups is 1. The van der Waals surface area contributed by atoms with Crippen molar-refractivity contribution in [2.24, 2.45) is 5.92 Å². The Labute approximate surface area is 96.8 Å². The van der Waals surface area contributed by atoms with Gasteiger partial charge in [0, 0.05) is 5.92 Å². The topological polar surface area (TPSA) is 17.1 Å². The minimum atomic E-state index is -1.30. The molecule has 1 atom stereocenters. The fraction of sp³-hybridized carbons (Fsp3) is 0.900. The Morgan fingerprint density at radius 1 is 1.29 bits per heavy atom. The van der Waals surface area contributed by atoms with E-state index in [2.05, 4.69) is 26.6 Å². The predicted molar refractivity (Wildman–Crippen MR) is 70.8 cm³/mol. The summed E-state index contributed by atoms with van der Waals surface area (Å²) in [6, 6.07) is 0. The third kappa shape index (κ3) is 2.22. The van der Waals surface area contributed by atoms with Gasteiger partial charge in [-0.25, -0.2) is 0 Å². The van der Waals surface area contributed by atoms with Gasteiger partial charge in [-0.05, 0) is 17.9 Å². The lowest BCUT2D eigenvalue weighted by atomic mass is 10.2. The van der Waals surface area contributed by atoms with Crippen molar-refractivity contribution in [3.63, 3.8) is 0 Å². The predicted octanol–water partition coefficient (Wildman–Crippen LogP) is 3.27. The molecule has 0 N–H and O–H groups in total. The highest BCUT2D eigenvalue weighted by atomic mass is 32.2. The van der Waals surface area contributed by atoms with Crippen LogP contribution in [0.1, 0.15) is 13.3 Å². The molecule has 1 unspecified atom stereocenters. The van der Waals surface area contributed by atoms with E-state index in [0.29, 0.717) is 0 Å². The van der Waals surface area contributed by atoms with Crippen molar-refractivity contribution < 1.29 is 4.79 Å². The van der Waals surface area contributed by atoms with E-state index in [1.54, 1.807) is 0 Å². The molecule has 82 valence electrons. The van der Waals surface area contributed by atoms with Crippen LogP contribution in [0.15, 0.2) is 0 Å². The number of hydrogen-bond donors (Lipinski definition) is 0. The van der Waals surface area contributed by atoms with Crippen LogP contribution >= 0.6 is 23.5 Å². The summed E-state index contributed by atoms with van der Waals surface area (Å²) in [4.78, 5) is 11.1. The molecule has 1 fully saturated rings. The second kappa shape index (κ2) is 4.62. The monoisotopic (exact) mass is 248 g/mol. The van der Waals surface area contributed by atoms with E-state index in [9.17, 15) is 4.79 Å². The molecule has 1 aliphatic rings. The molecule has 14 heavy (non-hydrogen) atoms. The van der Waals surface area contributed by atoms with Crippen molar-refractivity contribution in [1.29, 1.82) is 0 Å². The van der Waals surface area contributed by atoms with Crippen LogP contribution in [-0.4, -0.2) is 29.6 Å². The molecule has 1 nitrogen and oxygen atoms in total. The van der Waals surface area contributed by atoms with Gasteiger partial charge in [0.15, 0.2) is 0 Å². The fourth-order valence-electron chi connectivity index (χ4n) is 2.02. The minimum Gasteiger partial charge on any atom is -0.303 e. The maximum atomic E-state index is 11.1. The lowest BCUT2D eigenvalue weighted by Crippen LogP contribution is -2.53. The Morgan fingerprint density at radius 2 is 1.79 bits per heavy atom. The van der Waals surface area contributed by atoms with Gasteiger partial charge in [-0.15, -0.1) is 23.5 Å². The highest BCUT2D eigenvalue weighted by molar-refractivity contribution is 8.21. The summed E-state index contributed by atoms with van der Waals surface area (Å²) in [6.07, 6.45) is 2.46. The van der Waals surface area contributed by atoms with Crippen molar-refractivity contribution in [1.82, 2.24) is 0 Å². The molecule has 0 spiro atoms. The van der Waals surface area contributed by atoms with E-state index in [0.717, 1.165) is 6.29 Å². The summed E-state index contributed by atoms with van der Waals surface area (Å²) >= 11 is 4.09. The first kappa shape index (κ1) is 12.7. The Kier molecular flexibility index (Phi) is 4.18. The molecular formula is C10H20OS2Si. The third-order valence-electron chi connectivity index (χ3n) is 2.77. The number of rotatable bonds is 3. The zero-order valence-electron chi connectivity index (χ0n) is 9.50. The maximum Gasteiger partial charge on any atom is 0.124 e. The van der Waals surface area contributed by atoms with Gasteiger partial charge >= 0.3 is 0 Å². The number of thioether (sulfide) groups is 2. The highest BCUT2D eigenvalue weighted by Gasteiger charge is 2.49. The van der Waals surface area contributed by atoms with Gasteiger partial charge in [-0.3, -0.25) is 0 Å². The molecule has 0 aromatic rings. The normalized spacial score (nSPS) is 24.3. The van der Waals surface area contributed by atoms with Crippen LogP contribution in [0, 0.1) is 5.92 Å². The van der Waals surface area contributed by atoms with E-state index in [1.807, 2.05) is 23.5 Å². The molecule has 0 aliphatic carbocycles. The molecule has 1 heterocycles. The van der Waals surface area contributed by atoms with Gasteiger partial charge in [0.25, 0.3) is 0 Å². The molecule has 1 aliphatic heterocycles. The van der Waals surface area contributed by atoms with Crippen molar-refractivity contribution in [2.45, 2.75) is 36.7 Å². The van der Waals surface area contributed by atoms with Crippen LogP contribution < -0.4 is 0 Å². The lowest BCUT2D eigenvalue weighted by Gasteiger charge is -2.47. The van der Waals surface area contributed by atoms with Crippen molar-refractivity contribution in [3.05, 3.63) is 0 Å². The molecule has 0 amide bonds. The van der Waals surface area contributed by atoms with Crippen molar-refractivity contribution in [2.75, 3.05) is 11.5 Å². The molecular weight excluding hydrogens is 228 g/mol. The smallest absolute Gasteiger partial charge is 0.124 e. The molecule has 0 aromatic carbocycles. The summed E-state index contributed by atoms with van der Waals surface area (Å²) in [7, 11) is -1.30. The summed E-state index contributed by atoms with van der Waals surface area (Å²) in [5, 5.41) is 0. The van der Waals surface area contributed by atoms with Crippen LogP contribution in [0.4, 0.5) is 0 Å². The highest BCUT2D eigenvalue weighted by Crippen LogP contribution is 2.52. The van der Waals surface area contributed by atoms with Crippen LogP contribution in [-0.2, 0) is 4.79 Å². The summed E-state index contributed by atoms with van der Waals surface area (Å²) in [5.41, 5.74) is 0. The molecule has 0 bridgehead atoms. The standard InChI is InChI=1S/C10H20OS2Si/c1-9(8-11)10(14(2,3)4)12-6-5-7-13-10/h8-9H,5-7H2,1-4H3. The number of carbonyl (C=O) groups excluding carboxylic acids is 1. The SMILES string of the molecule is CC(C=O)C1([Si](C)(C)C)SCCCS1. The molecule has 1 saturated heterocycles. The van der Waals surface area contributed by atoms with E-state index < -0.39 is 8.07 Å². The second-order valence-corrected chi connectivity index (χ2v) is 13.8. The van der Waals surface area contributed by atoms with E-state index in [1.165, 1.54) is 17.9 Å². The minimum absolute atomic E-state index is 0.199. The second-order valence-electron chi connectivity index (χ2n) is 4.89. The first-order chi connectivity index (χ1) is 6.44. The quantitative estimate of drug-likeness (QED) is 0.564. The maximum absolute atomic E-state index is 11.1. The van der Waals surface area contributed by atoms with Gasteiger partial charge in [0.2, 0.25) is 0 Å². The largest absolute Gasteiger partial charge is 0.303 e. The van der Waals surface area contributed by atoms with Crippen LogP contribution in [0.5, 0.6) is 0 Å². The Morgan fingerprint density at radius 3 is 2.14 bits per heavy atom. The Balaban J connectivity index is 2.94. The molecule has 1 rings (SSSR count). The summed E-state index contributed by atoms with van der Waals surface area (Å²) in [6.45, 7) is 9.26. The Hall–Kier alpha value is 0.587. The molecule has 0 saturated carbocycles. The zero-order chi connectivity index (χ0) is 10.8. The molecule has 0 aromatic heterocycles. The van der Waals surface area contributed by atoms with Gasteiger partial charge in [-0.2, -0.15) is 0 Å². The van der Waals surface area contributed by atoms with Gasteiger partial charge in [0.1, 0.15) is 6.29 Å². The third-order valence-corrected chi connectivity index (χ3v) is 13.2. The van der Waals surface area contributed by atoms with E-state index >= 15 is 0 Å². The fourth-order valence-corrected chi connectivity index (χ4v) is 10.4. The van der Waals surface area contributed by atoms with Crippen molar-refractivity contribution >= 4 is 37.9 Å². The Bertz CT molecular complexity index is 207. The van der Waals surface area contributed by atoms with E-state index in [4.69, 9.17) is 0 Å². The van der Waals surface area contributed by atoms with Crippen LogP contribution in [0.2, 0.25) is 19.6 Å². The number of aldehydes is 1. The van der Waals surface area contributed by atoms with Gasteiger partial charge in [-0.1, -0.05) is 26.6 Å². The van der Waals surface area contributed by atoms with E-state index in [-0.39, 0.29) is 9.62 Å². The lowest BCUT2D eigenvalue weighted by molar-refractivity contribution is -0.110. The van der Waals surface area contributed by atoms with Gasteiger partial charge < -0.3 is 4.79 Å². The molecule has 4 heteroatoms. The average molecular weight is 248 g/mol.